The Bertz CT molecular complexity index is 596. The van der Waals surface area contributed by atoms with Crippen molar-refractivity contribution in [1.82, 2.24) is 9.97 Å². The molecular formula is C14H23N5OS. The van der Waals surface area contributed by atoms with Crippen LogP contribution in [0.4, 0.5) is 11.8 Å². The second kappa shape index (κ2) is 7.02. The Kier molecular flexibility index (Phi) is 5.33. The standard InChI is InChI=1S/C14H23N5OS/c1-4-9(5-2)11(20)7-16-12-10-6-8(3)21-13(10)18-14(17-12)19-15/h6,9,11,20H,4-5,7,15H2,1-3H3,(H2,16,17,18,19). The maximum absolute atomic E-state index is 10.2. The van der Waals surface area contributed by atoms with Crippen LogP contribution in [-0.4, -0.2) is 27.7 Å². The number of nitrogens with two attached hydrogens (primary N) is 1. The first-order valence-corrected chi connectivity index (χ1v) is 8.07. The minimum absolute atomic E-state index is 0.297. The van der Waals surface area contributed by atoms with Crippen molar-refractivity contribution >= 4 is 33.3 Å². The van der Waals surface area contributed by atoms with Crippen molar-refractivity contribution in [2.45, 2.75) is 39.7 Å². The van der Waals surface area contributed by atoms with Crippen LogP contribution in [0.15, 0.2) is 6.07 Å². The van der Waals surface area contributed by atoms with Gasteiger partial charge in [0.05, 0.1) is 11.5 Å². The molecule has 2 rings (SSSR count). The summed E-state index contributed by atoms with van der Waals surface area (Å²) in [5.74, 6) is 6.80. The zero-order valence-corrected chi connectivity index (χ0v) is 13.5. The third kappa shape index (κ3) is 3.61. The predicted molar refractivity (Wildman–Crippen MR) is 88.5 cm³/mol. The van der Waals surface area contributed by atoms with E-state index in [0.717, 1.165) is 27.9 Å². The second-order valence-corrected chi connectivity index (χ2v) is 6.38. The van der Waals surface area contributed by atoms with Crippen molar-refractivity contribution in [3.8, 4) is 0 Å². The average molecular weight is 309 g/mol. The number of thiophene rings is 1. The van der Waals surface area contributed by atoms with Crippen molar-refractivity contribution in [2.75, 3.05) is 17.3 Å². The number of rotatable bonds is 7. The molecule has 1 atom stereocenters. The number of aryl methyl sites for hydroxylation is 1. The van der Waals surface area contributed by atoms with Crippen molar-refractivity contribution in [1.29, 1.82) is 0 Å². The molecule has 5 N–H and O–H groups in total. The van der Waals surface area contributed by atoms with Crippen molar-refractivity contribution in [2.24, 2.45) is 11.8 Å². The number of nitrogens with one attached hydrogen (secondary N) is 2. The highest BCUT2D eigenvalue weighted by molar-refractivity contribution is 7.18. The molecule has 116 valence electrons. The molecule has 0 aromatic carbocycles. The molecule has 0 aliphatic heterocycles. The first-order valence-electron chi connectivity index (χ1n) is 7.25. The molecule has 0 aliphatic rings. The van der Waals surface area contributed by atoms with Crippen LogP contribution in [-0.2, 0) is 0 Å². The number of fused-ring (bicyclic) bond motifs is 1. The fourth-order valence-electron chi connectivity index (χ4n) is 2.44. The lowest BCUT2D eigenvalue weighted by atomic mass is 9.96. The highest BCUT2D eigenvalue weighted by atomic mass is 32.1. The number of aromatic nitrogens is 2. The summed E-state index contributed by atoms with van der Waals surface area (Å²) in [5, 5.41) is 14.4. The fourth-order valence-corrected chi connectivity index (χ4v) is 3.32. The van der Waals surface area contributed by atoms with Gasteiger partial charge in [0.15, 0.2) is 0 Å². The van der Waals surface area contributed by atoms with E-state index in [1.54, 1.807) is 11.3 Å². The van der Waals surface area contributed by atoms with Gasteiger partial charge in [-0.1, -0.05) is 26.7 Å². The Hall–Kier alpha value is -1.44. The monoisotopic (exact) mass is 309 g/mol. The van der Waals surface area contributed by atoms with E-state index in [9.17, 15) is 5.11 Å². The van der Waals surface area contributed by atoms with Gasteiger partial charge in [0.1, 0.15) is 10.6 Å². The van der Waals surface area contributed by atoms with E-state index in [4.69, 9.17) is 5.84 Å². The first-order chi connectivity index (χ1) is 10.1. The average Bonchev–Trinajstić information content (AvgIpc) is 2.86. The summed E-state index contributed by atoms with van der Waals surface area (Å²) in [6.45, 7) is 6.69. The summed E-state index contributed by atoms with van der Waals surface area (Å²) in [4.78, 5) is 10.7. The van der Waals surface area contributed by atoms with E-state index in [-0.39, 0.29) is 6.10 Å². The van der Waals surface area contributed by atoms with Crippen LogP contribution < -0.4 is 16.6 Å². The van der Waals surface area contributed by atoms with Crippen LogP contribution >= 0.6 is 11.3 Å². The molecule has 21 heavy (non-hydrogen) atoms. The third-order valence-corrected chi connectivity index (χ3v) is 4.66. The van der Waals surface area contributed by atoms with Gasteiger partial charge in [0.25, 0.3) is 0 Å². The Morgan fingerprint density at radius 1 is 1.33 bits per heavy atom. The van der Waals surface area contributed by atoms with E-state index in [1.165, 1.54) is 0 Å². The molecule has 2 aromatic rings. The lowest BCUT2D eigenvalue weighted by Gasteiger charge is -2.20. The van der Waals surface area contributed by atoms with Crippen LogP contribution in [0, 0.1) is 12.8 Å². The number of aliphatic hydroxyl groups excluding tert-OH is 1. The normalized spacial score (nSPS) is 12.9. The molecule has 6 nitrogen and oxygen atoms in total. The van der Waals surface area contributed by atoms with Gasteiger partial charge >= 0.3 is 0 Å². The lowest BCUT2D eigenvalue weighted by molar-refractivity contribution is 0.114. The van der Waals surface area contributed by atoms with Crippen LogP contribution in [0.5, 0.6) is 0 Å². The van der Waals surface area contributed by atoms with Gasteiger partial charge in [-0.25, -0.2) is 10.8 Å². The van der Waals surface area contributed by atoms with Gasteiger partial charge < -0.3 is 10.4 Å². The molecule has 7 heteroatoms. The van der Waals surface area contributed by atoms with Gasteiger partial charge in [-0.05, 0) is 18.9 Å². The van der Waals surface area contributed by atoms with Crippen molar-refractivity contribution in [3.63, 3.8) is 0 Å². The summed E-state index contributed by atoms with van der Waals surface area (Å²) in [6, 6.07) is 2.05. The topological polar surface area (TPSA) is 96.1 Å². The highest BCUT2D eigenvalue weighted by Gasteiger charge is 2.17. The number of aliphatic hydroxyl groups is 1. The number of hydrogen-bond donors (Lipinski definition) is 4. The number of hydrazine groups is 1. The van der Waals surface area contributed by atoms with Crippen molar-refractivity contribution < 1.29 is 5.11 Å². The predicted octanol–water partition coefficient (Wildman–Crippen LogP) is 2.49. The van der Waals surface area contributed by atoms with Gasteiger partial charge in [-0.3, -0.25) is 5.43 Å². The molecule has 0 saturated carbocycles. The SMILES string of the molecule is CCC(CC)C(O)CNc1nc(NN)nc2sc(C)cc12. The molecule has 0 bridgehead atoms. The largest absolute Gasteiger partial charge is 0.391 e. The van der Waals surface area contributed by atoms with E-state index in [0.29, 0.717) is 24.2 Å². The molecule has 0 radical (unpaired) electrons. The van der Waals surface area contributed by atoms with Gasteiger partial charge in [-0.15, -0.1) is 11.3 Å². The summed E-state index contributed by atoms with van der Waals surface area (Å²) < 4.78 is 0. The molecule has 0 saturated heterocycles. The molecule has 0 spiro atoms. The Morgan fingerprint density at radius 3 is 2.67 bits per heavy atom. The molecule has 0 amide bonds. The first kappa shape index (κ1) is 15.9. The summed E-state index contributed by atoms with van der Waals surface area (Å²) in [6.07, 6.45) is 1.54. The Morgan fingerprint density at radius 2 is 2.05 bits per heavy atom. The summed E-state index contributed by atoms with van der Waals surface area (Å²) in [5.41, 5.74) is 2.48. The number of nitrogen functional groups attached to an aromatic ring is 1. The summed E-state index contributed by atoms with van der Waals surface area (Å²) >= 11 is 1.60. The third-order valence-electron chi connectivity index (χ3n) is 3.72. The van der Waals surface area contributed by atoms with Crippen LogP contribution in [0.2, 0.25) is 0 Å². The van der Waals surface area contributed by atoms with Crippen LogP contribution in [0.25, 0.3) is 10.2 Å². The minimum atomic E-state index is -0.390. The smallest absolute Gasteiger partial charge is 0.240 e. The molecule has 2 heterocycles. The fraction of sp³-hybridized carbons (Fsp3) is 0.571. The van der Waals surface area contributed by atoms with Crippen LogP contribution in [0.1, 0.15) is 31.6 Å². The molecule has 0 aliphatic carbocycles. The van der Waals surface area contributed by atoms with Gasteiger partial charge in [0.2, 0.25) is 5.95 Å². The highest BCUT2D eigenvalue weighted by Crippen LogP contribution is 2.29. The maximum Gasteiger partial charge on any atom is 0.240 e. The maximum atomic E-state index is 10.2. The van der Waals surface area contributed by atoms with Crippen LogP contribution in [0.3, 0.4) is 0 Å². The van der Waals surface area contributed by atoms with Gasteiger partial charge in [-0.2, -0.15) is 4.98 Å². The number of anilines is 2. The van der Waals surface area contributed by atoms with Crippen molar-refractivity contribution in [3.05, 3.63) is 10.9 Å². The zero-order chi connectivity index (χ0) is 15.4. The number of hydrogen-bond acceptors (Lipinski definition) is 7. The Balaban J connectivity index is 2.20. The lowest BCUT2D eigenvalue weighted by Crippen LogP contribution is -2.28. The Labute approximate surface area is 128 Å². The molecular weight excluding hydrogens is 286 g/mol. The molecule has 0 fully saturated rings. The molecule has 1 unspecified atom stereocenters. The van der Waals surface area contributed by atoms with E-state index in [1.807, 2.05) is 13.0 Å². The van der Waals surface area contributed by atoms with E-state index in [2.05, 4.69) is 34.6 Å². The quantitative estimate of drug-likeness (QED) is 0.463. The summed E-state index contributed by atoms with van der Waals surface area (Å²) in [7, 11) is 0. The zero-order valence-electron chi connectivity index (χ0n) is 12.7. The number of nitrogens with zero attached hydrogens (tertiary/aromatic N) is 2. The minimum Gasteiger partial charge on any atom is -0.391 e. The molecule has 2 aromatic heterocycles. The van der Waals surface area contributed by atoms with E-state index < -0.39 is 0 Å². The van der Waals surface area contributed by atoms with E-state index >= 15 is 0 Å². The second-order valence-electron chi connectivity index (χ2n) is 5.14. The van der Waals surface area contributed by atoms with Gasteiger partial charge in [0, 0.05) is 11.4 Å².